The minimum Gasteiger partial charge on any atom is -0.457 e. The van der Waals surface area contributed by atoms with E-state index in [1.54, 1.807) is 24.3 Å². The molecular formula is C26H21ClF3NO5S2. The van der Waals surface area contributed by atoms with Crippen LogP contribution in [0.2, 0.25) is 5.02 Å². The van der Waals surface area contributed by atoms with Crippen molar-refractivity contribution in [1.29, 1.82) is 0 Å². The zero-order valence-electron chi connectivity index (χ0n) is 20.2. The third-order valence-electron chi connectivity index (χ3n) is 5.83. The van der Waals surface area contributed by atoms with Gasteiger partial charge in [0.2, 0.25) is 0 Å². The monoisotopic (exact) mass is 583 g/mol. The maximum absolute atomic E-state index is 13.0. The number of carbonyl (C=O) groups is 1. The van der Waals surface area contributed by atoms with Crippen LogP contribution in [0.1, 0.15) is 34.6 Å². The Kier molecular flexibility index (Phi) is 7.50. The molecule has 0 atom stereocenters. The van der Waals surface area contributed by atoms with E-state index in [2.05, 4.69) is 5.32 Å². The number of benzene rings is 3. The lowest BCUT2D eigenvalue weighted by Gasteiger charge is -2.23. The molecule has 0 aliphatic heterocycles. The number of anilines is 1. The highest BCUT2D eigenvalue weighted by atomic mass is 35.5. The fraction of sp³-hybridized carbons (Fsp3) is 0.192. The van der Waals surface area contributed by atoms with Crippen molar-refractivity contribution in [2.24, 2.45) is 0 Å². The van der Waals surface area contributed by atoms with Gasteiger partial charge in [-0.3, -0.25) is 8.98 Å². The highest BCUT2D eigenvalue weighted by Crippen LogP contribution is 2.36. The molecule has 38 heavy (non-hydrogen) atoms. The lowest BCUT2D eigenvalue weighted by atomic mass is 10.0. The van der Waals surface area contributed by atoms with E-state index in [4.69, 9.17) is 20.5 Å². The number of rotatable bonds is 7. The number of ether oxygens (including phenoxy) is 1. The predicted molar refractivity (Wildman–Crippen MR) is 142 cm³/mol. The summed E-state index contributed by atoms with van der Waals surface area (Å²) in [5, 5.41) is 3.67. The van der Waals surface area contributed by atoms with Gasteiger partial charge in [0.25, 0.3) is 16.0 Å². The van der Waals surface area contributed by atoms with Crippen molar-refractivity contribution in [2.75, 3.05) is 12.4 Å². The van der Waals surface area contributed by atoms with E-state index in [1.807, 2.05) is 0 Å². The number of alkyl halides is 3. The lowest BCUT2D eigenvalue weighted by molar-refractivity contribution is -0.137. The molecule has 0 spiro atoms. The largest absolute Gasteiger partial charge is 0.457 e. The summed E-state index contributed by atoms with van der Waals surface area (Å²) in [6, 6.07) is 15.4. The molecule has 0 aliphatic rings. The molecule has 4 rings (SSSR count). The molecule has 4 aromatic rings. The van der Waals surface area contributed by atoms with Crippen LogP contribution in [0.3, 0.4) is 0 Å². The van der Waals surface area contributed by atoms with Gasteiger partial charge in [-0.25, -0.2) is 0 Å². The summed E-state index contributed by atoms with van der Waals surface area (Å²) in [7, 11) is -2.75. The van der Waals surface area contributed by atoms with Crippen LogP contribution in [0.15, 0.2) is 66.7 Å². The smallest absolute Gasteiger partial charge is 0.416 e. The Morgan fingerprint density at radius 1 is 0.921 bits per heavy atom. The first-order chi connectivity index (χ1) is 17.7. The quantitative estimate of drug-likeness (QED) is 0.224. The number of hydrogen-bond donors (Lipinski definition) is 1. The minimum absolute atomic E-state index is 0.163. The van der Waals surface area contributed by atoms with E-state index in [-0.39, 0.29) is 16.5 Å². The van der Waals surface area contributed by atoms with Crippen LogP contribution in [0, 0.1) is 0 Å². The zero-order valence-corrected chi connectivity index (χ0v) is 22.6. The van der Waals surface area contributed by atoms with Crippen molar-refractivity contribution < 1.29 is 35.3 Å². The second kappa shape index (κ2) is 10.2. The van der Waals surface area contributed by atoms with Crippen molar-refractivity contribution in [1.82, 2.24) is 0 Å². The van der Waals surface area contributed by atoms with E-state index < -0.39 is 32.5 Å². The van der Waals surface area contributed by atoms with Gasteiger partial charge in [-0.2, -0.15) is 21.6 Å². The van der Waals surface area contributed by atoms with Gasteiger partial charge in [0.15, 0.2) is 0 Å². The Hall–Kier alpha value is -3.12. The topological polar surface area (TPSA) is 81.7 Å². The number of amides is 1. The Labute approximate surface area is 226 Å². The molecule has 6 nitrogen and oxygen atoms in total. The van der Waals surface area contributed by atoms with E-state index in [0.29, 0.717) is 21.5 Å². The Bertz CT molecular complexity index is 1610. The summed E-state index contributed by atoms with van der Waals surface area (Å²) in [5.74, 6) is -0.0503. The third kappa shape index (κ3) is 5.80. The first-order valence-corrected chi connectivity index (χ1v) is 13.6. The predicted octanol–water partition coefficient (Wildman–Crippen LogP) is 7.83. The summed E-state index contributed by atoms with van der Waals surface area (Å²) in [6.07, 6.45) is -4.46. The molecule has 0 bridgehead atoms. The fourth-order valence-corrected chi connectivity index (χ4v) is 5.61. The van der Waals surface area contributed by atoms with Crippen LogP contribution in [-0.4, -0.2) is 21.4 Å². The molecule has 0 radical (unpaired) electrons. The summed E-state index contributed by atoms with van der Waals surface area (Å²) in [5.41, 5.74) is 0.0228. The van der Waals surface area contributed by atoms with Gasteiger partial charge < -0.3 is 10.1 Å². The fourth-order valence-electron chi connectivity index (χ4n) is 3.62. The number of hydrogen-bond acceptors (Lipinski definition) is 6. The Morgan fingerprint density at radius 3 is 2.21 bits per heavy atom. The van der Waals surface area contributed by atoms with Gasteiger partial charge in [-0.15, -0.1) is 11.3 Å². The zero-order chi connectivity index (χ0) is 27.9. The summed E-state index contributed by atoms with van der Waals surface area (Å²) in [4.78, 5) is 13.3. The molecular weight excluding hydrogens is 563 g/mol. The molecule has 200 valence electrons. The van der Waals surface area contributed by atoms with E-state index in [9.17, 15) is 26.4 Å². The molecule has 1 aromatic heterocycles. The number of fused-ring (bicyclic) bond motifs is 1. The van der Waals surface area contributed by atoms with Crippen LogP contribution in [0.5, 0.6) is 11.5 Å². The second-order valence-electron chi connectivity index (χ2n) is 8.75. The van der Waals surface area contributed by atoms with Crippen molar-refractivity contribution in [3.05, 3.63) is 87.8 Å². The van der Waals surface area contributed by atoms with Crippen LogP contribution in [-0.2, 0) is 25.2 Å². The number of thiophene rings is 1. The Morgan fingerprint density at radius 2 is 1.58 bits per heavy atom. The highest BCUT2D eigenvalue weighted by molar-refractivity contribution is 7.87. The molecule has 0 aliphatic carbocycles. The van der Waals surface area contributed by atoms with Crippen molar-refractivity contribution in [3.8, 4) is 11.5 Å². The number of carbonyl (C=O) groups excluding carboxylic acids is 1. The van der Waals surface area contributed by atoms with Crippen LogP contribution in [0.4, 0.5) is 18.9 Å². The van der Waals surface area contributed by atoms with Gasteiger partial charge in [-0.05, 0) is 79.4 Å². The molecule has 0 unspecified atom stereocenters. The Balaban J connectivity index is 1.54. The SMILES string of the molecule is COS(=O)(=O)C(C)(C)c1ccc2sc(C(=O)Nc3cc(Cl)cc(Oc4ccc(C(F)(F)F)cc4)c3)cc2c1. The van der Waals surface area contributed by atoms with Gasteiger partial charge in [0.05, 0.1) is 17.6 Å². The lowest BCUT2D eigenvalue weighted by Crippen LogP contribution is -2.30. The van der Waals surface area contributed by atoms with Crippen molar-refractivity contribution in [2.45, 2.75) is 24.8 Å². The maximum atomic E-state index is 13.0. The molecule has 1 N–H and O–H groups in total. The molecule has 3 aromatic carbocycles. The van der Waals surface area contributed by atoms with E-state index in [1.165, 1.54) is 55.5 Å². The van der Waals surface area contributed by atoms with E-state index in [0.717, 1.165) is 23.9 Å². The summed E-state index contributed by atoms with van der Waals surface area (Å²) in [6.45, 7) is 3.08. The van der Waals surface area contributed by atoms with Crippen LogP contribution >= 0.6 is 22.9 Å². The molecule has 0 saturated carbocycles. The maximum Gasteiger partial charge on any atom is 0.416 e. The number of halogens is 4. The second-order valence-corrected chi connectivity index (χ2v) is 12.5. The third-order valence-corrected chi connectivity index (χ3v) is 9.08. The average Bonchev–Trinajstić information content (AvgIpc) is 3.27. The average molecular weight is 584 g/mol. The van der Waals surface area contributed by atoms with Gasteiger partial charge in [-0.1, -0.05) is 17.7 Å². The normalized spacial score (nSPS) is 12.5. The first-order valence-electron chi connectivity index (χ1n) is 11.0. The molecule has 12 heteroatoms. The summed E-state index contributed by atoms with van der Waals surface area (Å²) < 4.78 is 72.9. The molecule has 0 saturated heterocycles. The van der Waals surface area contributed by atoms with E-state index >= 15 is 0 Å². The highest BCUT2D eigenvalue weighted by Gasteiger charge is 2.36. The summed E-state index contributed by atoms with van der Waals surface area (Å²) >= 11 is 7.39. The molecule has 1 amide bonds. The van der Waals surface area contributed by atoms with Gasteiger partial charge in [0, 0.05) is 21.5 Å². The number of nitrogens with one attached hydrogen (secondary N) is 1. The molecule has 0 fully saturated rings. The minimum atomic E-state index is -4.46. The van der Waals surface area contributed by atoms with Crippen molar-refractivity contribution >= 4 is 54.7 Å². The van der Waals surface area contributed by atoms with Gasteiger partial charge in [0.1, 0.15) is 16.2 Å². The first kappa shape index (κ1) is 27.9. The van der Waals surface area contributed by atoms with Gasteiger partial charge >= 0.3 is 6.18 Å². The van der Waals surface area contributed by atoms with Crippen molar-refractivity contribution in [3.63, 3.8) is 0 Å². The van der Waals surface area contributed by atoms with Crippen LogP contribution < -0.4 is 10.1 Å². The van der Waals surface area contributed by atoms with Crippen LogP contribution in [0.25, 0.3) is 10.1 Å². The standard InChI is InChI=1S/C26H21ClF3NO5S2/c1-25(2,38(33,34)35-3)17-6-9-22-15(10-17)11-23(37-22)24(32)31-19-12-18(27)13-21(14-19)36-20-7-4-16(5-8-20)26(28,29)30/h4-14H,1-3H3,(H,31,32). The molecule has 1 heterocycles.